The summed E-state index contributed by atoms with van der Waals surface area (Å²) >= 11 is 0. The maximum absolute atomic E-state index is 12.2. The van der Waals surface area contributed by atoms with Gasteiger partial charge in [0.1, 0.15) is 18.7 Å². The zero-order chi connectivity index (χ0) is 33.7. The lowest BCUT2D eigenvalue weighted by Crippen LogP contribution is -2.52. The fraction of sp³-hybridized carbons (Fsp3) is 0.794. The highest BCUT2D eigenvalue weighted by atomic mass is 16.6. The summed E-state index contributed by atoms with van der Waals surface area (Å²) in [5.41, 5.74) is 0. The highest BCUT2D eigenvalue weighted by Crippen LogP contribution is 2.10. The van der Waals surface area contributed by atoms with Crippen molar-refractivity contribution in [3.63, 3.8) is 0 Å². The molecule has 0 heterocycles. The summed E-state index contributed by atoms with van der Waals surface area (Å²) < 4.78 is 10.4. The predicted molar refractivity (Wildman–Crippen MR) is 175 cm³/mol. The third-order valence-corrected chi connectivity index (χ3v) is 7.28. The average molecular weight is 640 g/mol. The van der Waals surface area contributed by atoms with Gasteiger partial charge in [0.15, 0.2) is 0 Å². The molecule has 260 valence electrons. The molecule has 0 aliphatic heterocycles. The molecule has 4 N–H and O–H groups in total. The second kappa shape index (κ2) is 28.5. The first-order chi connectivity index (χ1) is 21.6. The van der Waals surface area contributed by atoms with Gasteiger partial charge in [-0.05, 0) is 44.9 Å². The van der Waals surface area contributed by atoms with Gasteiger partial charge in [0.25, 0.3) is 0 Å². The Bertz CT molecular complexity index is 862. The Labute approximate surface area is 271 Å². The number of ether oxygens (including phenoxy) is 2. The van der Waals surface area contributed by atoms with Crippen molar-refractivity contribution >= 4 is 29.7 Å². The molecule has 0 aromatic heterocycles. The summed E-state index contributed by atoms with van der Waals surface area (Å²) in [4.78, 5) is 59.2. The Kier molecular flexibility index (Phi) is 26.6. The quantitative estimate of drug-likeness (QED) is 0.0493. The molecule has 0 aliphatic rings. The summed E-state index contributed by atoms with van der Waals surface area (Å²) in [5.74, 6) is -3.20. The number of esters is 1. The van der Waals surface area contributed by atoms with Gasteiger partial charge in [0, 0.05) is 19.4 Å². The van der Waals surface area contributed by atoms with Gasteiger partial charge in [0.05, 0.1) is 19.6 Å². The van der Waals surface area contributed by atoms with E-state index in [-0.39, 0.29) is 37.9 Å². The van der Waals surface area contributed by atoms with Crippen LogP contribution in [0.4, 0.5) is 0 Å². The highest BCUT2D eigenvalue weighted by molar-refractivity contribution is 5.90. The Morgan fingerprint density at radius 3 is 1.89 bits per heavy atom. The van der Waals surface area contributed by atoms with Gasteiger partial charge in [-0.2, -0.15) is 0 Å². The van der Waals surface area contributed by atoms with Crippen molar-refractivity contribution in [1.82, 2.24) is 16.0 Å². The zero-order valence-corrected chi connectivity index (χ0v) is 28.3. The number of hydrogen-bond acceptors (Lipinski definition) is 7. The molecule has 0 saturated carbocycles. The number of hydrogen-bond donors (Lipinski definition) is 4. The van der Waals surface area contributed by atoms with Crippen LogP contribution in [-0.4, -0.2) is 73.2 Å². The molecule has 0 fully saturated rings. The third kappa shape index (κ3) is 26.0. The number of carboxylic acids is 1. The summed E-state index contributed by atoms with van der Waals surface area (Å²) in [7, 11) is 0. The van der Waals surface area contributed by atoms with E-state index in [9.17, 15) is 29.1 Å². The predicted octanol–water partition coefficient (Wildman–Crippen LogP) is 5.21. The Morgan fingerprint density at radius 1 is 0.689 bits per heavy atom. The molecule has 0 bridgehead atoms. The standard InChI is InChI=1S/C34H61N3O8/c1-5-6-7-8-9-10-11-12-13-14-15-16-17-18-19-20-29(38)35-23-24-44-25-26-45-31(40)22-21-30(39)36-28(4)33(41)37-32(27(2)3)34(42)43/h12-13,27-28,32H,5-11,14-26H2,1-4H3,(H,35,38)(H,36,39)(H,37,41)(H,42,43)/b13-12-/t28-,32-/m0/s1. The molecule has 11 nitrogen and oxygen atoms in total. The van der Waals surface area contributed by atoms with Crippen LogP contribution in [0, 0.1) is 5.92 Å². The number of nitrogens with one attached hydrogen (secondary N) is 3. The van der Waals surface area contributed by atoms with Gasteiger partial charge in [-0.15, -0.1) is 0 Å². The number of aliphatic carboxylic acids is 1. The van der Waals surface area contributed by atoms with E-state index in [4.69, 9.17) is 9.47 Å². The van der Waals surface area contributed by atoms with Crippen LogP contribution in [0.5, 0.6) is 0 Å². The zero-order valence-electron chi connectivity index (χ0n) is 28.3. The van der Waals surface area contributed by atoms with Crippen molar-refractivity contribution in [3.8, 4) is 0 Å². The van der Waals surface area contributed by atoms with E-state index in [1.807, 2.05) is 0 Å². The molecule has 0 aromatic rings. The average Bonchev–Trinajstić information content (AvgIpc) is 2.99. The number of allylic oxidation sites excluding steroid dienone is 2. The SMILES string of the molecule is CCCCCCCC/C=C\CCCCCCCC(=O)NCCOCCOC(=O)CCC(=O)N[C@@H](C)C(=O)N[C@H](C(=O)O)C(C)C. The molecule has 45 heavy (non-hydrogen) atoms. The van der Waals surface area contributed by atoms with Crippen molar-refractivity contribution in [2.45, 2.75) is 143 Å². The van der Waals surface area contributed by atoms with Crippen molar-refractivity contribution in [2.75, 3.05) is 26.4 Å². The van der Waals surface area contributed by atoms with Crippen LogP contribution in [0.1, 0.15) is 130 Å². The van der Waals surface area contributed by atoms with Crippen molar-refractivity contribution in [1.29, 1.82) is 0 Å². The van der Waals surface area contributed by atoms with Gasteiger partial charge in [-0.25, -0.2) is 4.79 Å². The van der Waals surface area contributed by atoms with Crippen LogP contribution in [-0.2, 0) is 33.4 Å². The van der Waals surface area contributed by atoms with Crippen LogP contribution < -0.4 is 16.0 Å². The molecule has 0 rings (SSSR count). The number of carbonyl (C=O) groups excluding carboxylic acids is 4. The molecule has 3 amide bonds. The number of amides is 3. The summed E-state index contributed by atoms with van der Waals surface area (Å²) in [6.45, 7) is 7.89. The molecule has 0 saturated heterocycles. The van der Waals surface area contributed by atoms with Gasteiger partial charge >= 0.3 is 11.9 Å². The number of unbranched alkanes of at least 4 members (excludes halogenated alkanes) is 11. The first-order valence-electron chi connectivity index (χ1n) is 17.1. The first kappa shape index (κ1) is 42.0. The normalized spacial score (nSPS) is 12.6. The molecule has 0 unspecified atom stereocenters. The topological polar surface area (TPSA) is 160 Å². The van der Waals surface area contributed by atoms with E-state index in [2.05, 4.69) is 35.0 Å². The monoisotopic (exact) mass is 639 g/mol. The molecular formula is C34H61N3O8. The minimum absolute atomic E-state index is 0.00866. The van der Waals surface area contributed by atoms with E-state index < -0.39 is 35.8 Å². The maximum Gasteiger partial charge on any atom is 0.326 e. The van der Waals surface area contributed by atoms with Gasteiger partial charge < -0.3 is 30.5 Å². The fourth-order valence-electron chi connectivity index (χ4n) is 4.48. The number of rotatable bonds is 29. The minimum atomic E-state index is -1.16. The van der Waals surface area contributed by atoms with E-state index >= 15 is 0 Å². The van der Waals surface area contributed by atoms with E-state index in [0.29, 0.717) is 19.6 Å². The largest absolute Gasteiger partial charge is 0.480 e. The lowest BCUT2D eigenvalue weighted by molar-refractivity contribution is -0.146. The Morgan fingerprint density at radius 2 is 1.29 bits per heavy atom. The third-order valence-electron chi connectivity index (χ3n) is 7.28. The van der Waals surface area contributed by atoms with Crippen LogP contribution in [0.15, 0.2) is 12.2 Å². The fourth-order valence-corrected chi connectivity index (χ4v) is 4.48. The van der Waals surface area contributed by atoms with E-state index in [1.54, 1.807) is 13.8 Å². The molecule has 0 spiro atoms. The lowest BCUT2D eigenvalue weighted by atomic mass is 10.0. The van der Waals surface area contributed by atoms with Crippen molar-refractivity contribution < 1.29 is 38.6 Å². The molecule has 0 aliphatic carbocycles. The van der Waals surface area contributed by atoms with Crippen molar-refractivity contribution in [2.24, 2.45) is 5.92 Å². The van der Waals surface area contributed by atoms with Crippen LogP contribution in [0.3, 0.4) is 0 Å². The molecule has 0 radical (unpaired) electrons. The number of carboxylic acid groups (broad SMARTS) is 1. The van der Waals surface area contributed by atoms with Crippen molar-refractivity contribution in [3.05, 3.63) is 12.2 Å². The van der Waals surface area contributed by atoms with Crippen LogP contribution in [0.2, 0.25) is 0 Å². The molecule has 2 atom stereocenters. The summed E-state index contributed by atoms with van der Waals surface area (Å²) in [6.07, 6.45) is 20.7. The van der Waals surface area contributed by atoms with Gasteiger partial charge in [-0.3, -0.25) is 19.2 Å². The molecule has 0 aromatic carbocycles. The van der Waals surface area contributed by atoms with Gasteiger partial charge in [0.2, 0.25) is 17.7 Å². The van der Waals surface area contributed by atoms with Gasteiger partial charge in [-0.1, -0.05) is 84.3 Å². The van der Waals surface area contributed by atoms with E-state index in [1.165, 1.54) is 64.7 Å². The first-order valence-corrected chi connectivity index (χ1v) is 17.1. The van der Waals surface area contributed by atoms with Crippen LogP contribution >= 0.6 is 0 Å². The van der Waals surface area contributed by atoms with E-state index in [0.717, 1.165) is 25.7 Å². The number of carbonyl (C=O) groups is 5. The second-order valence-corrected chi connectivity index (χ2v) is 11.9. The second-order valence-electron chi connectivity index (χ2n) is 11.9. The maximum atomic E-state index is 12.2. The summed E-state index contributed by atoms with van der Waals surface area (Å²) in [6, 6.07) is -2.02. The summed E-state index contributed by atoms with van der Waals surface area (Å²) in [5, 5.41) is 16.8. The Balaban J connectivity index is 3.65. The van der Waals surface area contributed by atoms with Crippen LogP contribution in [0.25, 0.3) is 0 Å². The molecule has 11 heteroatoms. The smallest absolute Gasteiger partial charge is 0.326 e. The minimum Gasteiger partial charge on any atom is -0.480 e. The highest BCUT2D eigenvalue weighted by Gasteiger charge is 2.26. The Hall–Kier alpha value is -2.95. The lowest BCUT2D eigenvalue weighted by Gasteiger charge is -2.21. The molecular weight excluding hydrogens is 578 g/mol.